The second-order valence-electron chi connectivity index (χ2n) is 4.95. The monoisotopic (exact) mass is 271 g/mol. The summed E-state index contributed by atoms with van der Waals surface area (Å²) in [6.07, 6.45) is 2.48. The quantitative estimate of drug-likeness (QED) is 0.923. The second kappa shape index (κ2) is 4.96. The highest BCUT2D eigenvalue weighted by Gasteiger charge is 2.23. The fourth-order valence-corrected chi connectivity index (χ4v) is 2.09. The SMILES string of the molecule is NC(=O)c1ccc(Oc2ccc(C3CC3)cc2)c(F)c1. The molecule has 1 aliphatic rings. The highest BCUT2D eigenvalue weighted by Crippen LogP contribution is 2.40. The van der Waals surface area contributed by atoms with Gasteiger partial charge in [0.05, 0.1) is 0 Å². The molecule has 0 saturated heterocycles. The number of carbonyl (C=O) groups is 1. The number of hydrogen-bond acceptors (Lipinski definition) is 2. The Morgan fingerprint density at radius 3 is 2.40 bits per heavy atom. The van der Waals surface area contributed by atoms with E-state index in [9.17, 15) is 9.18 Å². The fraction of sp³-hybridized carbons (Fsp3) is 0.188. The third kappa shape index (κ3) is 2.64. The van der Waals surface area contributed by atoms with Gasteiger partial charge in [0.1, 0.15) is 5.75 Å². The van der Waals surface area contributed by atoms with Crippen molar-refractivity contribution < 1.29 is 13.9 Å². The summed E-state index contributed by atoms with van der Waals surface area (Å²) in [7, 11) is 0. The molecular weight excluding hydrogens is 257 g/mol. The first kappa shape index (κ1) is 12.7. The minimum absolute atomic E-state index is 0.0779. The minimum Gasteiger partial charge on any atom is -0.454 e. The smallest absolute Gasteiger partial charge is 0.248 e. The van der Waals surface area contributed by atoms with Gasteiger partial charge in [-0.1, -0.05) is 12.1 Å². The summed E-state index contributed by atoms with van der Waals surface area (Å²) in [5, 5.41) is 0. The van der Waals surface area contributed by atoms with Crippen LogP contribution in [0.4, 0.5) is 4.39 Å². The summed E-state index contributed by atoms with van der Waals surface area (Å²) in [5.41, 5.74) is 6.51. The molecule has 0 atom stereocenters. The van der Waals surface area contributed by atoms with Crippen LogP contribution < -0.4 is 10.5 Å². The lowest BCUT2D eigenvalue weighted by atomic mass is 10.1. The van der Waals surface area contributed by atoms with Crippen LogP contribution in [0, 0.1) is 5.82 Å². The first-order valence-corrected chi connectivity index (χ1v) is 6.50. The molecule has 3 nitrogen and oxygen atoms in total. The second-order valence-corrected chi connectivity index (χ2v) is 4.95. The molecule has 3 rings (SSSR count). The van der Waals surface area contributed by atoms with Crippen LogP contribution in [0.2, 0.25) is 0 Å². The highest BCUT2D eigenvalue weighted by molar-refractivity contribution is 5.92. The molecule has 0 heterocycles. The standard InChI is InChI=1S/C16H14FNO2/c17-14-9-12(16(18)19)5-8-15(14)20-13-6-3-11(4-7-13)10-1-2-10/h3-10H,1-2H2,(H2,18,19). The van der Waals surface area contributed by atoms with Gasteiger partial charge in [-0.2, -0.15) is 0 Å². The first-order chi connectivity index (χ1) is 9.63. The molecule has 2 aromatic carbocycles. The van der Waals surface area contributed by atoms with Crippen molar-refractivity contribution in [2.75, 3.05) is 0 Å². The van der Waals surface area contributed by atoms with E-state index in [1.165, 1.54) is 30.5 Å². The van der Waals surface area contributed by atoms with E-state index in [2.05, 4.69) is 0 Å². The number of rotatable bonds is 4. The van der Waals surface area contributed by atoms with Gasteiger partial charge < -0.3 is 10.5 Å². The molecule has 102 valence electrons. The molecule has 1 fully saturated rings. The van der Waals surface area contributed by atoms with Crippen molar-refractivity contribution in [2.45, 2.75) is 18.8 Å². The number of primary amides is 1. The molecular formula is C16H14FNO2. The number of ether oxygens (including phenoxy) is 1. The largest absolute Gasteiger partial charge is 0.454 e. The lowest BCUT2D eigenvalue weighted by Crippen LogP contribution is -2.11. The molecule has 0 aromatic heterocycles. The molecule has 20 heavy (non-hydrogen) atoms. The molecule has 0 aliphatic heterocycles. The maximum atomic E-state index is 13.8. The summed E-state index contributed by atoms with van der Waals surface area (Å²) in [6.45, 7) is 0. The lowest BCUT2D eigenvalue weighted by Gasteiger charge is -2.08. The summed E-state index contributed by atoms with van der Waals surface area (Å²) in [6, 6.07) is 11.6. The predicted molar refractivity (Wildman–Crippen MR) is 73.4 cm³/mol. The van der Waals surface area contributed by atoms with Gasteiger partial charge in [-0.05, 0) is 54.7 Å². The number of hydrogen-bond donors (Lipinski definition) is 1. The Labute approximate surface area is 116 Å². The van der Waals surface area contributed by atoms with E-state index in [1.54, 1.807) is 0 Å². The third-order valence-electron chi connectivity index (χ3n) is 3.37. The minimum atomic E-state index is -0.663. The Kier molecular flexibility index (Phi) is 3.14. The Balaban J connectivity index is 1.78. The molecule has 0 spiro atoms. The average Bonchev–Trinajstić information content (AvgIpc) is 3.26. The van der Waals surface area contributed by atoms with Crippen LogP contribution in [0.1, 0.15) is 34.7 Å². The van der Waals surface area contributed by atoms with E-state index >= 15 is 0 Å². The van der Waals surface area contributed by atoms with Gasteiger partial charge in [-0.25, -0.2) is 4.39 Å². The van der Waals surface area contributed by atoms with Gasteiger partial charge in [-0.15, -0.1) is 0 Å². The summed E-state index contributed by atoms with van der Waals surface area (Å²) in [5.74, 6) is 0.0572. The molecule has 1 saturated carbocycles. The van der Waals surface area contributed by atoms with Crippen molar-refractivity contribution in [3.8, 4) is 11.5 Å². The van der Waals surface area contributed by atoms with Crippen LogP contribution in [0.3, 0.4) is 0 Å². The number of benzene rings is 2. The number of nitrogens with two attached hydrogens (primary N) is 1. The fourth-order valence-electron chi connectivity index (χ4n) is 2.09. The maximum absolute atomic E-state index is 13.8. The number of halogens is 1. The van der Waals surface area contributed by atoms with Crippen molar-refractivity contribution in [1.82, 2.24) is 0 Å². The van der Waals surface area contributed by atoms with Crippen LogP contribution in [0.5, 0.6) is 11.5 Å². The number of amides is 1. The topological polar surface area (TPSA) is 52.3 Å². The Hall–Kier alpha value is -2.36. The summed E-state index contributed by atoms with van der Waals surface area (Å²) in [4.78, 5) is 10.9. The van der Waals surface area contributed by atoms with E-state index < -0.39 is 11.7 Å². The van der Waals surface area contributed by atoms with Crippen LogP contribution in [-0.2, 0) is 0 Å². The van der Waals surface area contributed by atoms with E-state index in [0.29, 0.717) is 11.7 Å². The molecule has 2 N–H and O–H groups in total. The summed E-state index contributed by atoms with van der Waals surface area (Å²) >= 11 is 0. The van der Waals surface area contributed by atoms with Gasteiger partial charge >= 0.3 is 0 Å². The van der Waals surface area contributed by atoms with Gasteiger partial charge in [0.15, 0.2) is 11.6 Å². The molecule has 2 aromatic rings. The van der Waals surface area contributed by atoms with Gasteiger partial charge in [0.25, 0.3) is 0 Å². The van der Waals surface area contributed by atoms with E-state index in [1.807, 2.05) is 24.3 Å². The molecule has 1 amide bonds. The maximum Gasteiger partial charge on any atom is 0.248 e. The van der Waals surface area contributed by atoms with Crippen LogP contribution in [0.25, 0.3) is 0 Å². The van der Waals surface area contributed by atoms with Gasteiger partial charge in [-0.3, -0.25) is 4.79 Å². The van der Waals surface area contributed by atoms with Crippen LogP contribution in [-0.4, -0.2) is 5.91 Å². The Morgan fingerprint density at radius 1 is 1.15 bits per heavy atom. The zero-order valence-electron chi connectivity index (χ0n) is 10.8. The van der Waals surface area contributed by atoms with Crippen molar-refractivity contribution in [3.63, 3.8) is 0 Å². The van der Waals surface area contributed by atoms with E-state index in [-0.39, 0.29) is 11.3 Å². The number of carbonyl (C=O) groups excluding carboxylic acids is 1. The Morgan fingerprint density at radius 2 is 1.85 bits per heavy atom. The van der Waals surface area contributed by atoms with E-state index in [0.717, 1.165) is 6.07 Å². The molecule has 0 unspecified atom stereocenters. The lowest BCUT2D eigenvalue weighted by molar-refractivity contribution is 0.1000. The van der Waals surface area contributed by atoms with Gasteiger partial charge in [0.2, 0.25) is 5.91 Å². The van der Waals surface area contributed by atoms with Crippen molar-refractivity contribution >= 4 is 5.91 Å². The zero-order chi connectivity index (χ0) is 14.1. The summed E-state index contributed by atoms with van der Waals surface area (Å²) < 4.78 is 19.3. The predicted octanol–water partition coefficient (Wildman–Crippen LogP) is 3.59. The third-order valence-corrected chi connectivity index (χ3v) is 3.37. The molecule has 1 aliphatic carbocycles. The van der Waals surface area contributed by atoms with Crippen molar-refractivity contribution in [2.24, 2.45) is 5.73 Å². The Bertz CT molecular complexity index is 648. The van der Waals surface area contributed by atoms with Crippen molar-refractivity contribution in [3.05, 3.63) is 59.4 Å². The van der Waals surface area contributed by atoms with Gasteiger partial charge in [0, 0.05) is 5.56 Å². The average molecular weight is 271 g/mol. The first-order valence-electron chi connectivity index (χ1n) is 6.50. The van der Waals surface area contributed by atoms with Crippen LogP contribution >= 0.6 is 0 Å². The molecule has 0 radical (unpaired) electrons. The van der Waals surface area contributed by atoms with Crippen LogP contribution in [0.15, 0.2) is 42.5 Å². The molecule has 0 bridgehead atoms. The van der Waals surface area contributed by atoms with Crippen molar-refractivity contribution in [1.29, 1.82) is 0 Å². The zero-order valence-corrected chi connectivity index (χ0v) is 10.8. The molecule has 4 heteroatoms. The normalized spacial score (nSPS) is 14.1. The van der Waals surface area contributed by atoms with E-state index in [4.69, 9.17) is 10.5 Å². The highest BCUT2D eigenvalue weighted by atomic mass is 19.1.